The van der Waals surface area contributed by atoms with Crippen molar-refractivity contribution in [2.75, 3.05) is 7.11 Å². The van der Waals surface area contributed by atoms with E-state index in [1.165, 1.54) is 13.2 Å². The van der Waals surface area contributed by atoms with Gasteiger partial charge in [0.1, 0.15) is 0 Å². The van der Waals surface area contributed by atoms with E-state index < -0.39 is 17.5 Å². The van der Waals surface area contributed by atoms with Gasteiger partial charge in [0, 0.05) is 6.07 Å². The fraction of sp³-hybridized carbons (Fsp3) is 0.0909. The zero-order valence-electron chi connectivity index (χ0n) is 9.48. The van der Waals surface area contributed by atoms with Gasteiger partial charge in [0.2, 0.25) is 5.82 Å². The van der Waals surface area contributed by atoms with Crippen molar-refractivity contribution in [2.45, 2.75) is 0 Å². The number of methoxy groups -OCH3 is 1. The number of rotatable bonds is 3. The second-order valence-corrected chi connectivity index (χ2v) is 3.89. The Labute approximate surface area is 111 Å². The second-order valence-electron chi connectivity index (χ2n) is 3.48. The lowest BCUT2D eigenvalue weighted by Gasteiger charge is -2.09. The molecule has 2 N–H and O–H groups in total. The summed E-state index contributed by atoms with van der Waals surface area (Å²) in [6, 6.07) is 2.28. The highest BCUT2D eigenvalue weighted by Crippen LogP contribution is 2.41. The van der Waals surface area contributed by atoms with Crippen LogP contribution in [0.1, 0.15) is 10.5 Å². The standard InChI is InChI=1S/C11H7ClFNO5/c1-18-10-4(2-5(12)9(15)8(10)13)7-3-6(11(16)17)14-19-7/h2-3,15H,1H3,(H,16,17). The Balaban J connectivity index is 2.63. The molecule has 0 amide bonds. The number of aromatic hydroxyl groups is 1. The van der Waals surface area contributed by atoms with Crippen molar-refractivity contribution in [2.24, 2.45) is 0 Å². The molecule has 1 aromatic heterocycles. The number of phenolic OH excluding ortho intramolecular Hbond substituents is 1. The number of ether oxygens (including phenoxy) is 1. The van der Waals surface area contributed by atoms with Gasteiger partial charge in [0.25, 0.3) is 0 Å². The number of halogens is 2. The monoisotopic (exact) mass is 287 g/mol. The average Bonchev–Trinajstić information content (AvgIpc) is 2.85. The predicted molar refractivity (Wildman–Crippen MR) is 62.1 cm³/mol. The van der Waals surface area contributed by atoms with E-state index in [2.05, 4.69) is 5.16 Å². The summed E-state index contributed by atoms with van der Waals surface area (Å²) in [5.74, 6) is -3.50. The maximum atomic E-state index is 13.7. The first-order valence-electron chi connectivity index (χ1n) is 4.91. The summed E-state index contributed by atoms with van der Waals surface area (Å²) in [4.78, 5) is 10.7. The van der Waals surface area contributed by atoms with Crippen LogP contribution in [0.3, 0.4) is 0 Å². The van der Waals surface area contributed by atoms with Gasteiger partial charge in [0.05, 0.1) is 17.7 Å². The van der Waals surface area contributed by atoms with Crippen LogP contribution >= 0.6 is 11.6 Å². The fourth-order valence-electron chi connectivity index (χ4n) is 1.48. The van der Waals surface area contributed by atoms with Crippen LogP contribution in [0.4, 0.5) is 4.39 Å². The number of hydrogen-bond donors (Lipinski definition) is 2. The third kappa shape index (κ3) is 2.19. The van der Waals surface area contributed by atoms with E-state index in [4.69, 9.17) is 26.0 Å². The molecular formula is C11H7ClFNO5. The summed E-state index contributed by atoms with van der Waals surface area (Å²) >= 11 is 5.64. The number of carboxylic acid groups (broad SMARTS) is 1. The van der Waals surface area contributed by atoms with E-state index in [1.54, 1.807) is 0 Å². The highest BCUT2D eigenvalue weighted by molar-refractivity contribution is 6.32. The fourth-order valence-corrected chi connectivity index (χ4v) is 1.67. The highest BCUT2D eigenvalue weighted by atomic mass is 35.5. The third-order valence-corrected chi connectivity index (χ3v) is 2.64. The molecule has 0 bridgehead atoms. The van der Waals surface area contributed by atoms with E-state index in [1.807, 2.05) is 0 Å². The molecule has 0 aliphatic carbocycles. The lowest BCUT2D eigenvalue weighted by molar-refractivity contribution is 0.0686. The minimum Gasteiger partial charge on any atom is -0.504 e. The largest absolute Gasteiger partial charge is 0.504 e. The molecule has 2 aromatic rings. The number of hydrogen-bond acceptors (Lipinski definition) is 5. The molecule has 2 rings (SSSR count). The Morgan fingerprint density at radius 1 is 1.53 bits per heavy atom. The topological polar surface area (TPSA) is 92.8 Å². The van der Waals surface area contributed by atoms with E-state index >= 15 is 0 Å². The molecule has 19 heavy (non-hydrogen) atoms. The molecule has 0 aliphatic heterocycles. The van der Waals surface area contributed by atoms with Gasteiger partial charge in [0.15, 0.2) is 23.0 Å². The maximum Gasteiger partial charge on any atom is 0.358 e. The average molecular weight is 288 g/mol. The first-order valence-corrected chi connectivity index (χ1v) is 5.28. The van der Waals surface area contributed by atoms with Crippen LogP contribution in [0.2, 0.25) is 5.02 Å². The number of benzene rings is 1. The highest BCUT2D eigenvalue weighted by Gasteiger charge is 2.22. The third-order valence-electron chi connectivity index (χ3n) is 2.35. The Hall–Kier alpha value is -2.28. The molecule has 1 heterocycles. The van der Waals surface area contributed by atoms with Crippen LogP contribution in [-0.4, -0.2) is 28.4 Å². The van der Waals surface area contributed by atoms with Crippen LogP contribution in [0.5, 0.6) is 11.5 Å². The quantitative estimate of drug-likeness (QED) is 0.901. The van der Waals surface area contributed by atoms with Gasteiger partial charge in [-0.15, -0.1) is 0 Å². The predicted octanol–water partition coefficient (Wildman–Crippen LogP) is 2.55. The van der Waals surface area contributed by atoms with Crippen molar-refractivity contribution in [3.05, 3.63) is 28.7 Å². The van der Waals surface area contributed by atoms with Gasteiger partial charge < -0.3 is 19.5 Å². The zero-order chi connectivity index (χ0) is 14.2. The van der Waals surface area contributed by atoms with Crippen molar-refractivity contribution in [1.82, 2.24) is 5.16 Å². The smallest absolute Gasteiger partial charge is 0.358 e. The van der Waals surface area contributed by atoms with Crippen molar-refractivity contribution in [3.8, 4) is 22.8 Å². The number of carboxylic acids is 1. The van der Waals surface area contributed by atoms with Gasteiger partial charge >= 0.3 is 5.97 Å². The summed E-state index contributed by atoms with van der Waals surface area (Å²) in [5, 5.41) is 21.1. The number of aromatic carboxylic acids is 1. The van der Waals surface area contributed by atoms with E-state index in [0.717, 1.165) is 6.07 Å². The van der Waals surface area contributed by atoms with Crippen molar-refractivity contribution in [1.29, 1.82) is 0 Å². The Morgan fingerprint density at radius 3 is 2.74 bits per heavy atom. The van der Waals surface area contributed by atoms with Gasteiger partial charge in [-0.2, -0.15) is 4.39 Å². The second kappa shape index (κ2) is 4.77. The van der Waals surface area contributed by atoms with Crippen LogP contribution in [0.25, 0.3) is 11.3 Å². The van der Waals surface area contributed by atoms with Gasteiger partial charge in [-0.25, -0.2) is 4.79 Å². The SMILES string of the molecule is COc1c(-c2cc(C(=O)O)no2)cc(Cl)c(O)c1F. The van der Waals surface area contributed by atoms with E-state index in [0.29, 0.717) is 0 Å². The van der Waals surface area contributed by atoms with Gasteiger partial charge in [-0.05, 0) is 6.07 Å². The summed E-state index contributed by atoms with van der Waals surface area (Å²) in [6.45, 7) is 0. The van der Waals surface area contributed by atoms with Gasteiger partial charge in [-0.3, -0.25) is 0 Å². The Kier molecular flexibility index (Phi) is 3.30. The minimum atomic E-state index is -1.29. The molecule has 8 heteroatoms. The number of aromatic nitrogens is 1. The summed E-state index contributed by atoms with van der Waals surface area (Å²) in [5.41, 5.74) is -0.301. The van der Waals surface area contributed by atoms with E-state index in [-0.39, 0.29) is 27.8 Å². The van der Waals surface area contributed by atoms with Crippen LogP contribution in [0, 0.1) is 5.82 Å². The summed E-state index contributed by atoms with van der Waals surface area (Å²) in [6.07, 6.45) is 0. The molecule has 0 aliphatic rings. The zero-order valence-corrected chi connectivity index (χ0v) is 10.2. The number of carbonyl (C=O) groups is 1. The normalized spacial score (nSPS) is 10.5. The van der Waals surface area contributed by atoms with Crippen molar-refractivity contribution >= 4 is 17.6 Å². The molecule has 0 fully saturated rings. The van der Waals surface area contributed by atoms with Gasteiger partial charge in [-0.1, -0.05) is 16.8 Å². The van der Waals surface area contributed by atoms with Crippen LogP contribution in [-0.2, 0) is 0 Å². The molecule has 0 radical (unpaired) electrons. The van der Waals surface area contributed by atoms with E-state index in [9.17, 15) is 14.3 Å². The Morgan fingerprint density at radius 2 is 2.21 bits per heavy atom. The van der Waals surface area contributed by atoms with Crippen LogP contribution in [0.15, 0.2) is 16.7 Å². The molecule has 1 aromatic carbocycles. The molecule has 0 saturated carbocycles. The lowest BCUT2D eigenvalue weighted by Crippen LogP contribution is -1.95. The number of phenols is 1. The van der Waals surface area contributed by atoms with Crippen molar-refractivity contribution in [3.63, 3.8) is 0 Å². The molecule has 0 saturated heterocycles. The summed E-state index contributed by atoms with van der Waals surface area (Å²) in [7, 11) is 1.18. The van der Waals surface area contributed by atoms with Crippen molar-refractivity contribution < 1.29 is 28.7 Å². The molecule has 0 unspecified atom stereocenters. The lowest BCUT2D eigenvalue weighted by atomic mass is 10.1. The molecule has 6 nitrogen and oxygen atoms in total. The minimum absolute atomic E-state index is 0.0443. The molecule has 100 valence electrons. The summed E-state index contributed by atoms with van der Waals surface area (Å²) < 4.78 is 23.3. The number of nitrogens with zero attached hydrogens (tertiary/aromatic N) is 1. The molecule has 0 atom stereocenters. The first kappa shape index (κ1) is 13.2. The Bertz CT molecular complexity index is 655. The van der Waals surface area contributed by atoms with Crippen LogP contribution < -0.4 is 4.74 Å². The molecule has 0 spiro atoms. The molecular weight excluding hydrogens is 281 g/mol. The first-order chi connectivity index (χ1) is 8.95. The maximum absolute atomic E-state index is 13.7.